The zero-order valence-corrected chi connectivity index (χ0v) is 12.3. The van der Waals surface area contributed by atoms with E-state index in [-0.39, 0.29) is 0 Å². The Bertz CT molecular complexity index is 537. The van der Waals surface area contributed by atoms with E-state index in [4.69, 9.17) is 0 Å². The molecule has 0 saturated carbocycles. The Balaban J connectivity index is 1.99. The van der Waals surface area contributed by atoms with E-state index < -0.39 is 0 Å². The molecule has 0 aliphatic heterocycles. The number of aryl methyl sites for hydroxylation is 1. The van der Waals surface area contributed by atoms with Crippen LogP contribution in [0.1, 0.15) is 31.4 Å². The summed E-state index contributed by atoms with van der Waals surface area (Å²) in [6.45, 7) is 6.10. The summed E-state index contributed by atoms with van der Waals surface area (Å²) < 4.78 is 0. The first-order valence-corrected chi connectivity index (χ1v) is 7.35. The van der Waals surface area contributed by atoms with Crippen molar-refractivity contribution in [2.24, 2.45) is 0 Å². The largest absolute Gasteiger partial charge is 0.370 e. The average Bonchev–Trinajstić information content (AvgIpc) is 2.51. The maximum absolute atomic E-state index is 4.56. The van der Waals surface area contributed by atoms with Crippen molar-refractivity contribution in [3.8, 4) is 0 Å². The molecule has 0 aliphatic rings. The zero-order valence-electron chi connectivity index (χ0n) is 12.3. The van der Waals surface area contributed by atoms with Crippen LogP contribution in [0.5, 0.6) is 0 Å². The van der Waals surface area contributed by atoms with Crippen molar-refractivity contribution in [3.05, 3.63) is 53.6 Å². The van der Waals surface area contributed by atoms with Gasteiger partial charge in [0.05, 0.1) is 0 Å². The molecular formula is C17H23N3. The summed E-state index contributed by atoms with van der Waals surface area (Å²) in [4.78, 5) is 4.56. The molecule has 0 saturated heterocycles. The fourth-order valence-electron chi connectivity index (χ4n) is 2.15. The lowest BCUT2D eigenvalue weighted by atomic mass is 10.1. The van der Waals surface area contributed by atoms with Crippen LogP contribution in [0.15, 0.2) is 42.5 Å². The van der Waals surface area contributed by atoms with Gasteiger partial charge in [-0.05, 0) is 36.1 Å². The van der Waals surface area contributed by atoms with Gasteiger partial charge in [0.15, 0.2) is 0 Å². The number of hydrogen-bond donors (Lipinski definition) is 2. The summed E-state index contributed by atoms with van der Waals surface area (Å²) in [7, 11) is 0. The summed E-state index contributed by atoms with van der Waals surface area (Å²) in [5.41, 5.74) is 2.73. The second kappa shape index (κ2) is 7.53. The molecule has 0 unspecified atom stereocenters. The third kappa shape index (κ3) is 3.98. The second-order valence-corrected chi connectivity index (χ2v) is 4.81. The van der Waals surface area contributed by atoms with Crippen molar-refractivity contribution in [2.45, 2.75) is 33.2 Å². The van der Waals surface area contributed by atoms with Gasteiger partial charge < -0.3 is 10.6 Å². The van der Waals surface area contributed by atoms with E-state index in [1.807, 2.05) is 18.2 Å². The monoisotopic (exact) mass is 269 g/mol. The second-order valence-electron chi connectivity index (χ2n) is 4.81. The number of anilines is 2. The molecule has 0 amide bonds. The Labute approximate surface area is 121 Å². The maximum atomic E-state index is 4.56. The molecule has 0 aliphatic carbocycles. The molecule has 1 aromatic carbocycles. The first-order valence-electron chi connectivity index (χ1n) is 7.35. The molecule has 1 aromatic heterocycles. The summed E-state index contributed by atoms with van der Waals surface area (Å²) >= 11 is 0. The van der Waals surface area contributed by atoms with Crippen molar-refractivity contribution in [1.82, 2.24) is 4.98 Å². The van der Waals surface area contributed by atoms with Crippen LogP contribution < -0.4 is 10.6 Å². The van der Waals surface area contributed by atoms with E-state index in [1.165, 1.54) is 11.1 Å². The number of aromatic nitrogens is 1. The standard InChI is InChI=1S/C17H23N3/c1-3-12-18-16-10-7-11-17(20-16)19-13-15-9-6-5-8-14(15)4-2/h5-11H,3-4,12-13H2,1-2H3,(H2,18,19,20). The van der Waals surface area contributed by atoms with Crippen molar-refractivity contribution in [1.29, 1.82) is 0 Å². The molecule has 3 nitrogen and oxygen atoms in total. The van der Waals surface area contributed by atoms with Gasteiger partial charge in [-0.15, -0.1) is 0 Å². The van der Waals surface area contributed by atoms with Crippen LogP contribution >= 0.6 is 0 Å². The van der Waals surface area contributed by atoms with E-state index in [0.717, 1.165) is 37.6 Å². The number of benzene rings is 1. The van der Waals surface area contributed by atoms with Gasteiger partial charge in [0.1, 0.15) is 11.6 Å². The van der Waals surface area contributed by atoms with Crippen LogP contribution in [0, 0.1) is 0 Å². The Morgan fingerprint density at radius 1 is 0.850 bits per heavy atom. The molecule has 20 heavy (non-hydrogen) atoms. The van der Waals surface area contributed by atoms with Gasteiger partial charge >= 0.3 is 0 Å². The van der Waals surface area contributed by atoms with E-state index in [1.54, 1.807) is 0 Å². The highest BCUT2D eigenvalue weighted by molar-refractivity contribution is 5.45. The lowest BCUT2D eigenvalue weighted by Crippen LogP contribution is -2.06. The van der Waals surface area contributed by atoms with Gasteiger partial charge in [0.2, 0.25) is 0 Å². The topological polar surface area (TPSA) is 37.0 Å². The lowest BCUT2D eigenvalue weighted by molar-refractivity contribution is 0.967. The fourth-order valence-corrected chi connectivity index (χ4v) is 2.15. The predicted molar refractivity (Wildman–Crippen MR) is 86.2 cm³/mol. The molecule has 0 fully saturated rings. The SMILES string of the molecule is CCCNc1cccc(NCc2ccccc2CC)n1. The first-order chi connectivity index (χ1) is 9.83. The molecule has 0 spiro atoms. The molecule has 0 atom stereocenters. The summed E-state index contributed by atoms with van der Waals surface area (Å²) in [6, 6.07) is 14.6. The van der Waals surface area contributed by atoms with Crippen LogP contribution in [0.4, 0.5) is 11.6 Å². The minimum atomic E-state index is 0.814. The van der Waals surface area contributed by atoms with Gasteiger partial charge in [-0.1, -0.05) is 44.2 Å². The smallest absolute Gasteiger partial charge is 0.128 e. The molecule has 2 rings (SSSR count). The zero-order chi connectivity index (χ0) is 14.2. The van der Waals surface area contributed by atoms with Crippen LogP contribution in [-0.2, 0) is 13.0 Å². The number of hydrogen-bond acceptors (Lipinski definition) is 3. The van der Waals surface area contributed by atoms with Crippen molar-refractivity contribution in [3.63, 3.8) is 0 Å². The first kappa shape index (κ1) is 14.4. The number of rotatable bonds is 7. The molecule has 106 valence electrons. The van der Waals surface area contributed by atoms with Gasteiger partial charge in [0, 0.05) is 13.1 Å². The Kier molecular flexibility index (Phi) is 5.42. The van der Waals surface area contributed by atoms with Gasteiger partial charge in [-0.3, -0.25) is 0 Å². The molecule has 2 N–H and O–H groups in total. The molecule has 1 heterocycles. The predicted octanol–water partition coefficient (Wildman–Crippen LogP) is 4.08. The molecule has 2 aromatic rings. The van der Waals surface area contributed by atoms with E-state index in [9.17, 15) is 0 Å². The Morgan fingerprint density at radius 2 is 1.55 bits per heavy atom. The summed E-state index contributed by atoms with van der Waals surface area (Å²) in [5, 5.41) is 6.71. The summed E-state index contributed by atoms with van der Waals surface area (Å²) in [5.74, 6) is 1.85. The van der Waals surface area contributed by atoms with E-state index in [0.29, 0.717) is 0 Å². The van der Waals surface area contributed by atoms with Crippen LogP contribution in [0.2, 0.25) is 0 Å². The number of pyridine rings is 1. The van der Waals surface area contributed by atoms with E-state index >= 15 is 0 Å². The Morgan fingerprint density at radius 3 is 2.25 bits per heavy atom. The third-order valence-electron chi connectivity index (χ3n) is 3.26. The highest BCUT2D eigenvalue weighted by Crippen LogP contribution is 2.13. The quantitative estimate of drug-likeness (QED) is 0.795. The minimum Gasteiger partial charge on any atom is -0.370 e. The van der Waals surface area contributed by atoms with Gasteiger partial charge in [-0.25, -0.2) is 4.98 Å². The molecule has 0 radical (unpaired) electrons. The lowest BCUT2D eigenvalue weighted by Gasteiger charge is -2.11. The number of nitrogens with zero attached hydrogens (tertiary/aromatic N) is 1. The van der Waals surface area contributed by atoms with Crippen LogP contribution in [0.3, 0.4) is 0 Å². The normalized spacial score (nSPS) is 10.3. The molecular weight excluding hydrogens is 246 g/mol. The molecule has 3 heteroatoms. The van der Waals surface area contributed by atoms with Gasteiger partial charge in [0.25, 0.3) is 0 Å². The van der Waals surface area contributed by atoms with E-state index in [2.05, 4.69) is 53.7 Å². The third-order valence-corrected chi connectivity index (χ3v) is 3.26. The maximum Gasteiger partial charge on any atom is 0.128 e. The molecule has 0 bridgehead atoms. The fraction of sp³-hybridized carbons (Fsp3) is 0.353. The van der Waals surface area contributed by atoms with Crippen LogP contribution in [-0.4, -0.2) is 11.5 Å². The van der Waals surface area contributed by atoms with Crippen molar-refractivity contribution in [2.75, 3.05) is 17.2 Å². The minimum absolute atomic E-state index is 0.814. The summed E-state index contributed by atoms with van der Waals surface area (Å²) in [6.07, 6.45) is 2.16. The highest BCUT2D eigenvalue weighted by atomic mass is 15.1. The van der Waals surface area contributed by atoms with Crippen LogP contribution in [0.25, 0.3) is 0 Å². The Hall–Kier alpha value is -2.03. The highest BCUT2D eigenvalue weighted by Gasteiger charge is 2.01. The average molecular weight is 269 g/mol. The van der Waals surface area contributed by atoms with Crippen molar-refractivity contribution >= 4 is 11.6 Å². The van der Waals surface area contributed by atoms with Gasteiger partial charge in [-0.2, -0.15) is 0 Å². The number of nitrogens with one attached hydrogen (secondary N) is 2. The van der Waals surface area contributed by atoms with Crippen molar-refractivity contribution < 1.29 is 0 Å².